The first-order chi connectivity index (χ1) is 11.3. The SMILES string of the molecule is O=S(=O)(Nc1cccc2ncccc12)c1ccc(C(F)(F)F)cc1. The molecular formula is C16H11F3N2O2S. The van der Waals surface area contributed by atoms with Crippen LogP contribution in [0, 0.1) is 0 Å². The number of pyridine rings is 1. The Morgan fingerprint density at radius 1 is 0.917 bits per heavy atom. The Balaban J connectivity index is 1.96. The van der Waals surface area contributed by atoms with Gasteiger partial charge in [-0.3, -0.25) is 9.71 Å². The van der Waals surface area contributed by atoms with E-state index in [0.717, 1.165) is 24.3 Å². The molecule has 0 aliphatic heterocycles. The van der Waals surface area contributed by atoms with Crippen molar-refractivity contribution in [2.45, 2.75) is 11.1 Å². The molecule has 1 aromatic heterocycles. The van der Waals surface area contributed by atoms with Crippen LogP contribution in [-0.4, -0.2) is 13.4 Å². The molecule has 124 valence electrons. The second-order valence-corrected chi connectivity index (χ2v) is 6.69. The number of hydrogen-bond acceptors (Lipinski definition) is 3. The quantitative estimate of drug-likeness (QED) is 0.773. The van der Waals surface area contributed by atoms with Crippen molar-refractivity contribution in [1.82, 2.24) is 4.98 Å². The van der Waals surface area contributed by atoms with Crippen LogP contribution in [0.25, 0.3) is 10.9 Å². The van der Waals surface area contributed by atoms with E-state index in [9.17, 15) is 21.6 Å². The molecule has 0 saturated heterocycles. The minimum atomic E-state index is -4.52. The molecule has 3 rings (SSSR count). The van der Waals surface area contributed by atoms with Gasteiger partial charge in [0.05, 0.1) is 21.7 Å². The van der Waals surface area contributed by atoms with Crippen molar-refractivity contribution in [3.05, 3.63) is 66.4 Å². The van der Waals surface area contributed by atoms with Gasteiger partial charge in [0.2, 0.25) is 0 Å². The highest BCUT2D eigenvalue weighted by molar-refractivity contribution is 7.92. The lowest BCUT2D eigenvalue weighted by Gasteiger charge is -2.11. The Kier molecular flexibility index (Phi) is 3.92. The number of hydrogen-bond donors (Lipinski definition) is 1. The molecule has 4 nitrogen and oxygen atoms in total. The Morgan fingerprint density at radius 2 is 1.62 bits per heavy atom. The third-order valence-electron chi connectivity index (χ3n) is 3.38. The molecule has 0 aliphatic rings. The number of sulfonamides is 1. The minimum Gasteiger partial charge on any atom is -0.279 e. The number of rotatable bonds is 3. The Hall–Kier alpha value is -2.61. The molecule has 0 bridgehead atoms. The van der Waals surface area contributed by atoms with Crippen molar-refractivity contribution >= 4 is 26.6 Å². The highest BCUT2D eigenvalue weighted by Gasteiger charge is 2.30. The number of alkyl halides is 3. The summed E-state index contributed by atoms with van der Waals surface area (Å²) >= 11 is 0. The van der Waals surface area contributed by atoms with Gasteiger partial charge in [0.1, 0.15) is 0 Å². The van der Waals surface area contributed by atoms with Crippen LogP contribution in [0.2, 0.25) is 0 Å². The van der Waals surface area contributed by atoms with Crippen LogP contribution in [0.3, 0.4) is 0 Å². The summed E-state index contributed by atoms with van der Waals surface area (Å²) in [4.78, 5) is 3.87. The summed E-state index contributed by atoms with van der Waals surface area (Å²) in [6, 6.07) is 11.6. The number of aromatic nitrogens is 1. The van der Waals surface area contributed by atoms with E-state index < -0.39 is 21.8 Å². The zero-order valence-electron chi connectivity index (χ0n) is 12.1. The fourth-order valence-electron chi connectivity index (χ4n) is 2.22. The van der Waals surface area contributed by atoms with Crippen molar-refractivity contribution in [3.63, 3.8) is 0 Å². The van der Waals surface area contributed by atoms with Crippen molar-refractivity contribution in [2.24, 2.45) is 0 Å². The van der Waals surface area contributed by atoms with Crippen LogP contribution in [0.1, 0.15) is 5.56 Å². The molecule has 3 aromatic rings. The largest absolute Gasteiger partial charge is 0.416 e. The third-order valence-corrected chi connectivity index (χ3v) is 4.76. The Morgan fingerprint density at radius 3 is 2.29 bits per heavy atom. The molecule has 0 unspecified atom stereocenters. The predicted molar refractivity (Wildman–Crippen MR) is 84.0 cm³/mol. The summed E-state index contributed by atoms with van der Waals surface area (Å²) in [5, 5.41) is 0.593. The smallest absolute Gasteiger partial charge is 0.279 e. The zero-order chi connectivity index (χ0) is 17.4. The molecule has 0 atom stereocenters. The van der Waals surface area contributed by atoms with E-state index in [1.165, 1.54) is 0 Å². The van der Waals surface area contributed by atoms with E-state index in [4.69, 9.17) is 0 Å². The number of benzene rings is 2. The van der Waals surface area contributed by atoms with Gasteiger partial charge in [-0.2, -0.15) is 13.2 Å². The average molecular weight is 352 g/mol. The third kappa shape index (κ3) is 3.18. The zero-order valence-corrected chi connectivity index (χ0v) is 12.9. The van der Waals surface area contributed by atoms with E-state index >= 15 is 0 Å². The van der Waals surface area contributed by atoms with Gasteiger partial charge < -0.3 is 0 Å². The molecule has 1 N–H and O–H groups in total. The van der Waals surface area contributed by atoms with E-state index in [-0.39, 0.29) is 4.90 Å². The van der Waals surface area contributed by atoms with Crippen molar-refractivity contribution in [3.8, 4) is 0 Å². The molecule has 8 heteroatoms. The molecule has 2 aromatic carbocycles. The molecule has 0 amide bonds. The first-order valence-electron chi connectivity index (χ1n) is 6.81. The number of anilines is 1. The van der Waals surface area contributed by atoms with Gasteiger partial charge in [-0.1, -0.05) is 6.07 Å². The molecule has 0 spiro atoms. The number of halogens is 3. The summed E-state index contributed by atoms with van der Waals surface area (Å²) in [5.74, 6) is 0. The second kappa shape index (κ2) is 5.79. The van der Waals surface area contributed by atoms with Crippen molar-refractivity contribution < 1.29 is 21.6 Å². The van der Waals surface area contributed by atoms with Crippen LogP contribution < -0.4 is 4.72 Å². The van der Waals surface area contributed by atoms with Crippen LogP contribution in [-0.2, 0) is 16.2 Å². The van der Waals surface area contributed by atoms with Crippen molar-refractivity contribution in [2.75, 3.05) is 4.72 Å². The maximum absolute atomic E-state index is 12.6. The normalized spacial score (nSPS) is 12.3. The van der Waals surface area contributed by atoms with E-state index in [2.05, 4.69) is 9.71 Å². The lowest BCUT2D eigenvalue weighted by Crippen LogP contribution is -2.14. The van der Waals surface area contributed by atoms with E-state index in [1.54, 1.807) is 36.5 Å². The van der Waals surface area contributed by atoms with E-state index in [0.29, 0.717) is 16.6 Å². The highest BCUT2D eigenvalue weighted by atomic mass is 32.2. The first-order valence-corrected chi connectivity index (χ1v) is 8.29. The standard InChI is InChI=1S/C16H11F3N2O2S/c17-16(18,19)11-6-8-12(9-7-11)24(22,23)21-15-5-1-4-14-13(15)3-2-10-20-14/h1-10,21H. The predicted octanol–water partition coefficient (Wildman–Crippen LogP) is 4.05. The van der Waals surface area contributed by atoms with Crippen LogP contribution in [0.5, 0.6) is 0 Å². The summed E-state index contributed by atoms with van der Waals surface area (Å²) in [6.45, 7) is 0. The van der Waals surface area contributed by atoms with E-state index in [1.807, 2.05) is 0 Å². The fraction of sp³-hybridized carbons (Fsp3) is 0.0625. The highest BCUT2D eigenvalue weighted by Crippen LogP contribution is 2.30. The molecule has 0 radical (unpaired) electrons. The van der Waals surface area contributed by atoms with Gasteiger partial charge >= 0.3 is 6.18 Å². The Labute approximate surface area is 136 Å². The van der Waals surface area contributed by atoms with Crippen LogP contribution in [0.15, 0.2) is 65.7 Å². The molecule has 0 aliphatic carbocycles. The lowest BCUT2D eigenvalue weighted by atomic mass is 10.2. The van der Waals surface area contributed by atoms with Gasteiger partial charge in [0, 0.05) is 11.6 Å². The van der Waals surface area contributed by atoms with Crippen LogP contribution >= 0.6 is 0 Å². The molecule has 0 saturated carbocycles. The maximum Gasteiger partial charge on any atom is 0.416 e. The van der Waals surface area contributed by atoms with Gasteiger partial charge in [0.15, 0.2) is 0 Å². The van der Waals surface area contributed by atoms with Gasteiger partial charge in [-0.05, 0) is 48.5 Å². The van der Waals surface area contributed by atoms with Gasteiger partial charge in [-0.15, -0.1) is 0 Å². The molecule has 1 heterocycles. The number of nitrogens with zero attached hydrogens (tertiary/aromatic N) is 1. The summed E-state index contributed by atoms with van der Waals surface area (Å²) in [6.07, 6.45) is -2.94. The minimum absolute atomic E-state index is 0.253. The average Bonchev–Trinajstić information content (AvgIpc) is 2.54. The summed E-state index contributed by atoms with van der Waals surface area (Å²) in [7, 11) is -4.01. The molecular weight excluding hydrogens is 341 g/mol. The summed E-state index contributed by atoms with van der Waals surface area (Å²) in [5.41, 5.74) is 0.00132. The van der Waals surface area contributed by atoms with Gasteiger partial charge in [0.25, 0.3) is 10.0 Å². The molecule has 0 fully saturated rings. The maximum atomic E-state index is 12.6. The first kappa shape index (κ1) is 16.3. The lowest BCUT2D eigenvalue weighted by molar-refractivity contribution is -0.137. The second-order valence-electron chi connectivity index (χ2n) is 5.00. The number of nitrogens with one attached hydrogen (secondary N) is 1. The monoisotopic (exact) mass is 352 g/mol. The fourth-order valence-corrected chi connectivity index (χ4v) is 3.30. The van der Waals surface area contributed by atoms with Crippen molar-refractivity contribution in [1.29, 1.82) is 0 Å². The molecule has 24 heavy (non-hydrogen) atoms. The topological polar surface area (TPSA) is 59.1 Å². The van der Waals surface area contributed by atoms with Gasteiger partial charge in [-0.25, -0.2) is 8.42 Å². The number of fused-ring (bicyclic) bond motifs is 1. The Bertz CT molecular complexity index is 979. The van der Waals surface area contributed by atoms with Crippen LogP contribution in [0.4, 0.5) is 18.9 Å². The summed E-state index contributed by atoms with van der Waals surface area (Å²) < 4.78 is 64.9.